The summed E-state index contributed by atoms with van der Waals surface area (Å²) in [4.78, 5) is 37.1. The van der Waals surface area contributed by atoms with E-state index >= 15 is 0 Å². The van der Waals surface area contributed by atoms with Crippen LogP contribution in [0.15, 0.2) is 42.5 Å². The zero-order valence-electron chi connectivity index (χ0n) is 17.1. The second-order valence-corrected chi connectivity index (χ2v) is 8.56. The molecule has 0 aromatic heterocycles. The van der Waals surface area contributed by atoms with Gasteiger partial charge < -0.3 is 10.2 Å². The van der Waals surface area contributed by atoms with Crippen molar-refractivity contribution in [3.63, 3.8) is 0 Å². The molecule has 0 spiro atoms. The number of thioether (sulfide) groups is 1. The van der Waals surface area contributed by atoms with Crippen LogP contribution in [-0.2, 0) is 21.9 Å². The molecule has 31 heavy (non-hydrogen) atoms. The molecule has 0 aliphatic heterocycles. The van der Waals surface area contributed by atoms with Gasteiger partial charge in [-0.15, -0.1) is 11.8 Å². The summed E-state index contributed by atoms with van der Waals surface area (Å²) in [5.41, 5.74) is 1.66. The van der Waals surface area contributed by atoms with Crippen molar-refractivity contribution in [1.29, 1.82) is 0 Å². The maximum absolute atomic E-state index is 13.0. The molecular formula is C21H23Cl2N3O4S. The average Bonchev–Trinajstić information content (AvgIpc) is 2.74. The van der Waals surface area contributed by atoms with Crippen LogP contribution in [-0.4, -0.2) is 40.0 Å². The van der Waals surface area contributed by atoms with Crippen molar-refractivity contribution < 1.29 is 14.5 Å². The van der Waals surface area contributed by atoms with Crippen LogP contribution in [0.2, 0.25) is 10.0 Å². The lowest BCUT2D eigenvalue weighted by atomic mass is 10.1. The highest BCUT2D eigenvalue weighted by Gasteiger charge is 2.25. The fourth-order valence-electron chi connectivity index (χ4n) is 2.79. The van der Waals surface area contributed by atoms with E-state index in [0.29, 0.717) is 22.3 Å². The van der Waals surface area contributed by atoms with Crippen molar-refractivity contribution >= 4 is 52.5 Å². The minimum absolute atomic E-state index is 0.0217. The zero-order chi connectivity index (χ0) is 23.0. The fourth-order valence-corrected chi connectivity index (χ4v) is 3.98. The molecule has 1 N–H and O–H groups in total. The maximum Gasteiger partial charge on any atom is 0.269 e. The predicted molar refractivity (Wildman–Crippen MR) is 124 cm³/mol. The standard InChI is InChI=1S/C21H23Cl2N3O4S/c1-3-24-21(28)14(2)25(11-16-6-9-18(22)19(23)10-16)20(27)13-31-12-15-4-7-17(8-5-15)26(29)30/h4-10,14H,3,11-13H2,1-2H3,(H,24,28). The second-order valence-electron chi connectivity index (χ2n) is 6.76. The Morgan fingerprint density at radius 3 is 2.35 bits per heavy atom. The van der Waals surface area contributed by atoms with Crippen LogP contribution < -0.4 is 5.32 Å². The summed E-state index contributed by atoms with van der Waals surface area (Å²) >= 11 is 13.4. The van der Waals surface area contributed by atoms with Crippen LogP contribution in [0.25, 0.3) is 0 Å². The van der Waals surface area contributed by atoms with E-state index in [9.17, 15) is 19.7 Å². The number of nitrogens with zero attached hydrogens (tertiary/aromatic N) is 2. The molecule has 0 heterocycles. The number of amides is 2. The molecule has 10 heteroatoms. The number of rotatable bonds is 10. The molecule has 1 unspecified atom stereocenters. The number of nitro benzene ring substituents is 1. The van der Waals surface area contributed by atoms with Crippen LogP contribution in [0.5, 0.6) is 0 Å². The van der Waals surface area contributed by atoms with Gasteiger partial charge in [0.25, 0.3) is 5.69 Å². The van der Waals surface area contributed by atoms with E-state index in [1.807, 2.05) is 6.92 Å². The molecule has 0 aliphatic rings. The quantitative estimate of drug-likeness (QED) is 0.390. The SMILES string of the molecule is CCNC(=O)C(C)N(Cc1ccc(Cl)c(Cl)c1)C(=O)CSCc1ccc([N+](=O)[O-])cc1. The number of non-ortho nitro benzene ring substituents is 1. The van der Waals surface area contributed by atoms with E-state index < -0.39 is 11.0 Å². The monoisotopic (exact) mass is 483 g/mol. The van der Waals surface area contributed by atoms with E-state index in [1.165, 1.54) is 28.8 Å². The first-order chi connectivity index (χ1) is 14.7. The van der Waals surface area contributed by atoms with Crippen LogP contribution in [0.4, 0.5) is 5.69 Å². The molecule has 0 saturated carbocycles. The summed E-state index contributed by atoms with van der Waals surface area (Å²) in [5.74, 6) is 0.232. The summed E-state index contributed by atoms with van der Waals surface area (Å²) in [6, 6.07) is 10.6. The lowest BCUT2D eigenvalue weighted by Gasteiger charge is -2.28. The molecular weight excluding hydrogens is 461 g/mol. The fraction of sp³-hybridized carbons (Fsp3) is 0.333. The summed E-state index contributed by atoms with van der Waals surface area (Å²) in [6.07, 6.45) is 0. The molecule has 0 radical (unpaired) electrons. The van der Waals surface area contributed by atoms with Crippen LogP contribution in [0.3, 0.4) is 0 Å². The molecule has 1 atom stereocenters. The highest BCUT2D eigenvalue weighted by Crippen LogP contribution is 2.24. The summed E-state index contributed by atoms with van der Waals surface area (Å²) < 4.78 is 0. The lowest BCUT2D eigenvalue weighted by Crippen LogP contribution is -2.48. The van der Waals surface area contributed by atoms with E-state index in [1.54, 1.807) is 37.3 Å². The molecule has 2 amide bonds. The normalized spacial score (nSPS) is 11.6. The van der Waals surface area contributed by atoms with Crippen LogP contribution in [0.1, 0.15) is 25.0 Å². The third-order valence-electron chi connectivity index (χ3n) is 4.50. The first kappa shape index (κ1) is 25.0. The summed E-state index contributed by atoms with van der Waals surface area (Å²) in [7, 11) is 0. The number of likely N-dealkylation sites (N-methyl/N-ethyl adjacent to an activating group) is 1. The molecule has 166 valence electrons. The highest BCUT2D eigenvalue weighted by atomic mass is 35.5. The number of nitro groups is 1. The largest absolute Gasteiger partial charge is 0.355 e. The van der Waals surface area contributed by atoms with Gasteiger partial charge in [0.2, 0.25) is 11.8 Å². The number of nitrogens with one attached hydrogen (secondary N) is 1. The number of hydrogen-bond acceptors (Lipinski definition) is 5. The van der Waals surface area contributed by atoms with E-state index in [-0.39, 0.29) is 29.8 Å². The van der Waals surface area contributed by atoms with Crippen molar-refractivity contribution in [3.8, 4) is 0 Å². The topological polar surface area (TPSA) is 92.6 Å². The van der Waals surface area contributed by atoms with Gasteiger partial charge in [-0.3, -0.25) is 19.7 Å². The second kappa shape index (κ2) is 11.9. The van der Waals surface area contributed by atoms with Gasteiger partial charge >= 0.3 is 0 Å². The Morgan fingerprint density at radius 1 is 1.13 bits per heavy atom. The number of carbonyl (C=O) groups excluding carboxylic acids is 2. The number of benzene rings is 2. The van der Waals surface area contributed by atoms with Gasteiger partial charge in [-0.2, -0.15) is 0 Å². The molecule has 2 aromatic rings. The molecule has 0 fully saturated rings. The summed E-state index contributed by atoms with van der Waals surface area (Å²) in [5, 5.41) is 14.3. The Labute approximate surface area is 195 Å². The molecule has 0 aliphatic carbocycles. The highest BCUT2D eigenvalue weighted by molar-refractivity contribution is 7.99. The van der Waals surface area contributed by atoms with Crippen molar-refractivity contribution in [3.05, 3.63) is 73.8 Å². The summed E-state index contributed by atoms with van der Waals surface area (Å²) in [6.45, 7) is 4.18. The van der Waals surface area contributed by atoms with Gasteiger partial charge in [0.15, 0.2) is 0 Å². The Hall–Kier alpha value is -2.29. The number of carbonyl (C=O) groups is 2. The van der Waals surface area contributed by atoms with Crippen molar-refractivity contribution in [2.45, 2.75) is 32.2 Å². The third-order valence-corrected chi connectivity index (χ3v) is 6.22. The smallest absolute Gasteiger partial charge is 0.269 e. The van der Waals surface area contributed by atoms with Crippen LogP contribution >= 0.6 is 35.0 Å². The molecule has 2 aromatic carbocycles. The van der Waals surface area contributed by atoms with Crippen molar-refractivity contribution in [1.82, 2.24) is 10.2 Å². The van der Waals surface area contributed by atoms with Gasteiger partial charge in [0.05, 0.1) is 20.7 Å². The third kappa shape index (κ3) is 7.41. The van der Waals surface area contributed by atoms with Gasteiger partial charge in [-0.05, 0) is 37.1 Å². The van der Waals surface area contributed by atoms with Gasteiger partial charge in [-0.1, -0.05) is 41.4 Å². The Morgan fingerprint density at radius 2 is 1.77 bits per heavy atom. The van der Waals surface area contributed by atoms with Crippen molar-refractivity contribution in [2.75, 3.05) is 12.3 Å². The minimum Gasteiger partial charge on any atom is -0.355 e. The maximum atomic E-state index is 13.0. The number of halogens is 2. The zero-order valence-corrected chi connectivity index (χ0v) is 19.5. The van der Waals surface area contributed by atoms with Gasteiger partial charge in [0, 0.05) is 31.0 Å². The molecule has 0 saturated heterocycles. The average molecular weight is 484 g/mol. The lowest BCUT2D eigenvalue weighted by molar-refractivity contribution is -0.384. The minimum atomic E-state index is -0.665. The van der Waals surface area contributed by atoms with Crippen LogP contribution in [0, 0.1) is 10.1 Å². The molecule has 2 rings (SSSR count). The van der Waals surface area contributed by atoms with E-state index in [2.05, 4.69) is 5.32 Å². The Bertz CT molecular complexity index is 941. The molecule has 7 nitrogen and oxygen atoms in total. The van der Waals surface area contributed by atoms with E-state index in [0.717, 1.165) is 11.1 Å². The predicted octanol–water partition coefficient (Wildman–Crippen LogP) is 4.69. The molecule has 0 bridgehead atoms. The van der Waals surface area contributed by atoms with E-state index in [4.69, 9.17) is 23.2 Å². The van der Waals surface area contributed by atoms with Gasteiger partial charge in [-0.25, -0.2) is 0 Å². The first-order valence-corrected chi connectivity index (χ1v) is 11.5. The first-order valence-electron chi connectivity index (χ1n) is 9.55. The van der Waals surface area contributed by atoms with Gasteiger partial charge in [0.1, 0.15) is 6.04 Å². The number of hydrogen-bond donors (Lipinski definition) is 1. The Balaban J connectivity index is 2.06. The Kier molecular flexibility index (Phi) is 9.61. The van der Waals surface area contributed by atoms with Crippen molar-refractivity contribution in [2.24, 2.45) is 0 Å².